The average molecular weight is 327 g/mol. The Balaban J connectivity index is 1.86. The van der Waals surface area contributed by atoms with Crippen molar-refractivity contribution in [1.82, 2.24) is 9.78 Å². The molecule has 0 aliphatic carbocycles. The van der Waals surface area contributed by atoms with Crippen LogP contribution in [0.1, 0.15) is 11.1 Å². The minimum atomic E-state index is -0.863. The van der Waals surface area contributed by atoms with Crippen LogP contribution in [0.25, 0.3) is 11.1 Å². The van der Waals surface area contributed by atoms with E-state index in [0.717, 1.165) is 16.7 Å². The normalized spacial score (nSPS) is 10.7. The van der Waals surface area contributed by atoms with Crippen LogP contribution in [-0.2, 0) is 17.8 Å². The molecule has 0 aliphatic heterocycles. The zero-order chi connectivity index (χ0) is 16.2. The van der Waals surface area contributed by atoms with Crippen molar-refractivity contribution in [2.45, 2.75) is 13.0 Å². The first-order chi connectivity index (χ1) is 11.1. The number of carboxylic acids is 1. The van der Waals surface area contributed by atoms with Crippen molar-refractivity contribution in [2.24, 2.45) is 0 Å². The molecular formula is C18H15ClN2O2. The molecule has 0 amide bonds. The molecule has 2 aromatic carbocycles. The van der Waals surface area contributed by atoms with E-state index >= 15 is 0 Å². The quantitative estimate of drug-likeness (QED) is 0.774. The third-order valence-electron chi connectivity index (χ3n) is 3.52. The van der Waals surface area contributed by atoms with Gasteiger partial charge in [0.15, 0.2) is 0 Å². The predicted molar refractivity (Wildman–Crippen MR) is 89.6 cm³/mol. The Hall–Kier alpha value is -2.59. The molecule has 0 bridgehead atoms. The molecule has 0 saturated carbocycles. The van der Waals surface area contributed by atoms with E-state index in [-0.39, 0.29) is 6.42 Å². The summed E-state index contributed by atoms with van der Waals surface area (Å²) in [6.45, 7) is 0.674. The van der Waals surface area contributed by atoms with Gasteiger partial charge in [0.2, 0.25) is 0 Å². The van der Waals surface area contributed by atoms with Crippen LogP contribution >= 0.6 is 11.6 Å². The first-order valence-electron chi connectivity index (χ1n) is 7.19. The van der Waals surface area contributed by atoms with Crippen LogP contribution in [0.5, 0.6) is 0 Å². The van der Waals surface area contributed by atoms with Gasteiger partial charge < -0.3 is 5.11 Å². The SMILES string of the molecule is O=C(O)Cc1ccc(Cl)c(-c2cnn(Cc3ccccc3)c2)c1. The van der Waals surface area contributed by atoms with Gasteiger partial charge in [-0.05, 0) is 23.3 Å². The van der Waals surface area contributed by atoms with Crippen LogP contribution in [0.15, 0.2) is 60.9 Å². The number of hydrogen-bond donors (Lipinski definition) is 1. The van der Waals surface area contributed by atoms with Gasteiger partial charge in [-0.3, -0.25) is 9.48 Å². The third-order valence-corrected chi connectivity index (χ3v) is 3.85. The Bertz CT molecular complexity index is 828. The molecule has 116 valence electrons. The second kappa shape index (κ2) is 6.67. The monoisotopic (exact) mass is 326 g/mol. The molecule has 0 atom stereocenters. The molecule has 1 aromatic heterocycles. The summed E-state index contributed by atoms with van der Waals surface area (Å²) in [5.74, 6) is -0.863. The lowest BCUT2D eigenvalue weighted by Crippen LogP contribution is -2.00. The van der Waals surface area contributed by atoms with E-state index < -0.39 is 5.97 Å². The second-order valence-corrected chi connectivity index (χ2v) is 5.70. The molecule has 1 N–H and O–H groups in total. The zero-order valence-corrected chi connectivity index (χ0v) is 13.1. The second-order valence-electron chi connectivity index (χ2n) is 5.30. The third kappa shape index (κ3) is 3.79. The molecule has 0 radical (unpaired) electrons. The number of carbonyl (C=O) groups is 1. The van der Waals surface area contributed by atoms with Gasteiger partial charge in [-0.25, -0.2) is 0 Å². The number of carboxylic acid groups (broad SMARTS) is 1. The highest BCUT2D eigenvalue weighted by Crippen LogP contribution is 2.29. The zero-order valence-electron chi connectivity index (χ0n) is 12.3. The van der Waals surface area contributed by atoms with E-state index in [2.05, 4.69) is 5.10 Å². The van der Waals surface area contributed by atoms with Crippen molar-refractivity contribution in [3.8, 4) is 11.1 Å². The minimum absolute atomic E-state index is 0.0255. The number of halogens is 1. The topological polar surface area (TPSA) is 55.1 Å². The Kier molecular flexibility index (Phi) is 4.44. The maximum absolute atomic E-state index is 10.9. The van der Waals surface area contributed by atoms with Gasteiger partial charge in [-0.2, -0.15) is 5.10 Å². The highest BCUT2D eigenvalue weighted by molar-refractivity contribution is 6.33. The summed E-state index contributed by atoms with van der Waals surface area (Å²) in [5.41, 5.74) is 3.54. The van der Waals surface area contributed by atoms with Crippen LogP contribution in [0.2, 0.25) is 5.02 Å². The van der Waals surface area contributed by atoms with Gasteiger partial charge >= 0.3 is 5.97 Å². The molecule has 0 fully saturated rings. The van der Waals surface area contributed by atoms with Crippen molar-refractivity contribution >= 4 is 17.6 Å². The highest BCUT2D eigenvalue weighted by Gasteiger charge is 2.09. The summed E-state index contributed by atoms with van der Waals surface area (Å²) in [7, 11) is 0. The van der Waals surface area contributed by atoms with Crippen molar-refractivity contribution in [3.05, 3.63) is 77.1 Å². The molecule has 0 saturated heterocycles. The fourth-order valence-corrected chi connectivity index (χ4v) is 2.66. The van der Waals surface area contributed by atoms with E-state index in [4.69, 9.17) is 16.7 Å². The largest absolute Gasteiger partial charge is 0.481 e. The van der Waals surface area contributed by atoms with Crippen molar-refractivity contribution in [3.63, 3.8) is 0 Å². The van der Waals surface area contributed by atoms with Gasteiger partial charge in [0.1, 0.15) is 0 Å². The van der Waals surface area contributed by atoms with Gasteiger partial charge in [0.05, 0.1) is 19.2 Å². The summed E-state index contributed by atoms with van der Waals surface area (Å²) in [6, 6.07) is 15.3. The molecule has 23 heavy (non-hydrogen) atoms. The molecule has 0 spiro atoms. The van der Waals surface area contributed by atoms with Gasteiger partial charge in [0, 0.05) is 22.3 Å². The molecule has 0 unspecified atom stereocenters. The summed E-state index contributed by atoms with van der Waals surface area (Å²) in [5, 5.41) is 13.9. The minimum Gasteiger partial charge on any atom is -0.481 e. The van der Waals surface area contributed by atoms with E-state index in [1.54, 1.807) is 24.4 Å². The number of benzene rings is 2. The Morgan fingerprint density at radius 3 is 2.65 bits per heavy atom. The van der Waals surface area contributed by atoms with Crippen molar-refractivity contribution in [2.75, 3.05) is 0 Å². The summed E-state index contributed by atoms with van der Waals surface area (Å²) < 4.78 is 1.84. The van der Waals surface area contributed by atoms with Gasteiger partial charge in [-0.1, -0.05) is 48.0 Å². The average Bonchev–Trinajstić information content (AvgIpc) is 2.98. The molecule has 3 aromatic rings. The Labute approximate surface area is 139 Å². The fraction of sp³-hybridized carbons (Fsp3) is 0.111. The lowest BCUT2D eigenvalue weighted by molar-refractivity contribution is -0.136. The molecule has 4 nitrogen and oxygen atoms in total. The molecule has 3 rings (SSSR count). The standard InChI is InChI=1S/C18H15ClN2O2/c19-17-7-6-14(9-18(22)23)8-16(17)15-10-20-21(12-15)11-13-4-2-1-3-5-13/h1-8,10,12H,9,11H2,(H,22,23). The molecule has 5 heteroatoms. The number of aromatic nitrogens is 2. The summed E-state index contributed by atoms with van der Waals surface area (Å²) >= 11 is 6.25. The van der Waals surface area contributed by atoms with E-state index in [0.29, 0.717) is 17.1 Å². The number of rotatable bonds is 5. The smallest absolute Gasteiger partial charge is 0.307 e. The van der Waals surface area contributed by atoms with Crippen LogP contribution in [0, 0.1) is 0 Å². The highest BCUT2D eigenvalue weighted by atomic mass is 35.5. The Morgan fingerprint density at radius 2 is 1.91 bits per heavy atom. The first-order valence-corrected chi connectivity index (χ1v) is 7.56. The molecule has 0 aliphatic rings. The summed E-state index contributed by atoms with van der Waals surface area (Å²) in [6.07, 6.45) is 3.63. The van der Waals surface area contributed by atoms with Crippen molar-refractivity contribution < 1.29 is 9.90 Å². The number of aliphatic carboxylic acids is 1. The maximum Gasteiger partial charge on any atom is 0.307 e. The number of nitrogens with zero attached hydrogens (tertiary/aromatic N) is 2. The first kappa shape index (κ1) is 15.3. The van der Waals surface area contributed by atoms with E-state index in [9.17, 15) is 4.79 Å². The molecular weight excluding hydrogens is 312 g/mol. The van der Waals surface area contributed by atoms with Crippen molar-refractivity contribution in [1.29, 1.82) is 0 Å². The molecule has 1 heterocycles. The van der Waals surface area contributed by atoms with Gasteiger partial charge in [0.25, 0.3) is 0 Å². The Morgan fingerprint density at radius 1 is 1.13 bits per heavy atom. The van der Waals surface area contributed by atoms with Crippen LogP contribution in [-0.4, -0.2) is 20.9 Å². The fourth-order valence-electron chi connectivity index (χ4n) is 2.44. The lowest BCUT2D eigenvalue weighted by Gasteiger charge is -2.05. The predicted octanol–water partition coefficient (Wildman–Crippen LogP) is 3.88. The van der Waals surface area contributed by atoms with Gasteiger partial charge in [-0.15, -0.1) is 0 Å². The summed E-state index contributed by atoms with van der Waals surface area (Å²) in [4.78, 5) is 10.9. The van der Waals surface area contributed by atoms with Crippen LogP contribution in [0.4, 0.5) is 0 Å². The number of hydrogen-bond acceptors (Lipinski definition) is 2. The van der Waals surface area contributed by atoms with E-state index in [1.807, 2.05) is 41.2 Å². The lowest BCUT2D eigenvalue weighted by atomic mass is 10.0. The maximum atomic E-state index is 10.9. The van der Waals surface area contributed by atoms with Crippen LogP contribution < -0.4 is 0 Å². The van der Waals surface area contributed by atoms with Crippen LogP contribution in [0.3, 0.4) is 0 Å². The van der Waals surface area contributed by atoms with E-state index in [1.165, 1.54) is 0 Å².